The molecule has 0 saturated carbocycles. The molecule has 2 aliphatic carbocycles. The van der Waals surface area contributed by atoms with Crippen LogP contribution in [0.5, 0.6) is 0 Å². The maximum absolute atomic E-state index is 5.38. The molecule has 2 heterocycles. The van der Waals surface area contributed by atoms with Crippen LogP contribution in [-0.2, 0) is 10.8 Å². The van der Waals surface area contributed by atoms with E-state index in [9.17, 15) is 0 Å². The molecule has 0 fully saturated rings. The molecule has 1 aliphatic heterocycles. The van der Waals surface area contributed by atoms with Gasteiger partial charge in [0.25, 0.3) is 0 Å². The Morgan fingerprint density at radius 2 is 0.800 bits per heavy atom. The van der Waals surface area contributed by atoms with Gasteiger partial charge in [0.1, 0.15) is 0 Å². The van der Waals surface area contributed by atoms with Gasteiger partial charge in [-0.15, -0.1) is 0 Å². The maximum Gasteiger partial charge on any atom is 0.164 e. The van der Waals surface area contributed by atoms with Crippen molar-refractivity contribution in [3.8, 4) is 78.7 Å². The van der Waals surface area contributed by atoms with Gasteiger partial charge in [-0.1, -0.05) is 208 Å². The molecule has 0 saturated heterocycles. The Bertz CT molecular complexity index is 3560. The predicted molar refractivity (Wildman–Crippen MR) is 266 cm³/mol. The van der Waals surface area contributed by atoms with Crippen molar-refractivity contribution in [2.75, 3.05) is 0 Å². The second-order valence-corrected chi connectivity index (χ2v) is 19.0. The highest BCUT2D eigenvalue weighted by Crippen LogP contribution is 2.63. The smallest absolute Gasteiger partial charge is 0.164 e. The Hall–Kier alpha value is -7.66. The molecule has 13 rings (SSSR count). The third-order valence-corrected chi connectivity index (χ3v) is 15.1. The van der Waals surface area contributed by atoms with E-state index >= 15 is 0 Å². The summed E-state index contributed by atoms with van der Waals surface area (Å²) in [5.74, 6) is 1.90. The van der Waals surface area contributed by atoms with Crippen molar-refractivity contribution in [2.45, 2.75) is 34.5 Å². The third kappa shape index (κ3) is 5.67. The zero-order valence-corrected chi connectivity index (χ0v) is 36.8. The van der Waals surface area contributed by atoms with Gasteiger partial charge in [0, 0.05) is 31.9 Å². The van der Waals surface area contributed by atoms with Crippen LogP contribution in [0.3, 0.4) is 0 Å². The molecule has 1 atom stereocenters. The lowest BCUT2D eigenvalue weighted by Crippen LogP contribution is -2.35. The average Bonchev–Trinajstić information content (AvgIpc) is 3.53. The summed E-state index contributed by atoms with van der Waals surface area (Å²) in [6.07, 6.45) is 0. The van der Waals surface area contributed by atoms with E-state index < -0.39 is 5.41 Å². The van der Waals surface area contributed by atoms with E-state index in [1.807, 2.05) is 30.0 Å². The van der Waals surface area contributed by atoms with E-state index in [-0.39, 0.29) is 5.41 Å². The van der Waals surface area contributed by atoms with E-state index in [0.29, 0.717) is 17.5 Å². The van der Waals surface area contributed by atoms with Gasteiger partial charge in [0.05, 0.1) is 5.41 Å². The fraction of sp³-hybridized carbons (Fsp3) is 0.0656. The van der Waals surface area contributed by atoms with Crippen molar-refractivity contribution in [3.05, 3.63) is 246 Å². The highest BCUT2D eigenvalue weighted by Gasteiger charge is 2.50. The largest absolute Gasteiger partial charge is 0.208 e. The molecule has 10 aromatic rings. The van der Waals surface area contributed by atoms with Gasteiger partial charge in [-0.2, -0.15) is 0 Å². The average molecular weight is 848 g/mol. The summed E-state index contributed by atoms with van der Waals surface area (Å²) in [6, 6.07) is 77.5. The molecule has 9 aromatic carbocycles. The van der Waals surface area contributed by atoms with Crippen LogP contribution in [0.25, 0.3) is 78.7 Å². The van der Waals surface area contributed by atoms with Crippen molar-refractivity contribution in [1.29, 1.82) is 0 Å². The molecule has 0 radical (unpaired) electrons. The number of hydrogen-bond acceptors (Lipinski definition) is 4. The molecule has 65 heavy (non-hydrogen) atoms. The molecule has 0 amide bonds. The van der Waals surface area contributed by atoms with Crippen LogP contribution in [0.1, 0.15) is 47.2 Å². The highest BCUT2D eigenvalue weighted by molar-refractivity contribution is 7.99. The van der Waals surface area contributed by atoms with Crippen LogP contribution in [-0.4, -0.2) is 15.0 Å². The summed E-state index contributed by atoms with van der Waals surface area (Å²) in [5.41, 5.74) is 19.5. The molecule has 1 spiro atoms. The molecule has 3 nitrogen and oxygen atoms in total. The Labute approximate surface area is 383 Å². The van der Waals surface area contributed by atoms with Gasteiger partial charge < -0.3 is 0 Å². The van der Waals surface area contributed by atoms with Crippen LogP contribution in [0.15, 0.2) is 222 Å². The summed E-state index contributed by atoms with van der Waals surface area (Å²) in [4.78, 5) is 18.4. The van der Waals surface area contributed by atoms with Crippen LogP contribution in [0.2, 0.25) is 0 Å². The zero-order chi connectivity index (χ0) is 43.3. The maximum atomic E-state index is 5.38. The Morgan fingerprint density at radius 1 is 0.292 bits per heavy atom. The van der Waals surface area contributed by atoms with Gasteiger partial charge in [0.2, 0.25) is 0 Å². The fourth-order valence-corrected chi connectivity index (χ4v) is 12.2. The third-order valence-electron chi connectivity index (χ3n) is 14.0. The van der Waals surface area contributed by atoms with Crippen LogP contribution < -0.4 is 0 Å². The van der Waals surface area contributed by atoms with Crippen LogP contribution in [0, 0.1) is 0 Å². The molecule has 0 N–H and O–H groups in total. The summed E-state index contributed by atoms with van der Waals surface area (Å²) in [5, 5.41) is 0. The van der Waals surface area contributed by atoms with E-state index in [1.54, 1.807) is 0 Å². The topological polar surface area (TPSA) is 38.7 Å². The molecule has 1 unspecified atom stereocenters. The van der Waals surface area contributed by atoms with Gasteiger partial charge in [0.15, 0.2) is 17.5 Å². The first-order valence-corrected chi connectivity index (χ1v) is 23.2. The SMILES string of the molecule is CC1(C)c2ccccc2-c2cc3c(cc21)Sc1ccccc1C31c2ccccc2-c2ccccc2-c2ccc(-c3nc(-c4ccccc4)nc(-c4cccc(-c5ccccc5)c4)n3)cc21. The Morgan fingerprint density at radius 3 is 1.51 bits per heavy atom. The number of aromatic nitrogens is 3. The van der Waals surface area contributed by atoms with Crippen molar-refractivity contribution in [3.63, 3.8) is 0 Å². The van der Waals surface area contributed by atoms with Crippen molar-refractivity contribution in [1.82, 2.24) is 15.0 Å². The van der Waals surface area contributed by atoms with Crippen molar-refractivity contribution >= 4 is 11.8 Å². The van der Waals surface area contributed by atoms with Crippen molar-refractivity contribution < 1.29 is 0 Å². The normalized spacial score (nSPS) is 15.7. The van der Waals surface area contributed by atoms with Gasteiger partial charge >= 0.3 is 0 Å². The molecular formula is C61H41N3S. The summed E-state index contributed by atoms with van der Waals surface area (Å²) >= 11 is 1.90. The van der Waals surface area contributed by atoms with Gasteiger partial charge in [-0.25, -0.2) is 15.0 Å². The zero-order valence-electron chi connectivity index (χ0n) is 36.0. The predicted octanol–water partition coefficient (Wildman–Crippen LogP) is 15.3. The molecule has 1 aromatic heterocycles. The number of rotatable bonds is 4. The summed E-state index contributed by atoms with van der Waals surface area (Å²) in [7, 11) is 0. The summed E-state index contributed by atoms with van der Waals surface area (Å²) in [6.45, 7) is 4.76. The van der Waals surface area contributed by atoms with E-state index in [2.05, 4.69) is 208 Å². The standard InChI is InChI=1S/C61H41N3S/c1-60(2)49-28-13-11-27-46(49)48-36-54-56(37-52(48)60)65-55-31-16-15-30-51(55)61(54)50-29-14-12-26-45(50)43-24-9-10-25-44(43)47-33-32-42(35-53(47)61)59-63-57(39-20-7-4-8-21-39)62-58(64-59)41-23-17-22-40(34-41)38-18-5-3-6-19-38/h3-37H,1-2H3. The van der Waals surface area contributed by atoms with Crippen LogP contribution in [0.4, 0.5) is 0 Å². The van der Waals surface area contributed by atoms with E-state index in [4.69, 9.17) is 15.0 Å². The van der Waals surface area contributed by atoms with Gasteiger partial charge in [-0.3, -0.25) is 0 Å². The number of benzene rings is 9. The Kier molecular flexibility index (Phi) is 8.41. The lowest BCUT2D eigenvalue weighted by atomic mass is 9.62. The van der Waals surface area contributed by atoms with E-state index in [0.717, 1.165) is 27.8 Å². The minimum absolute atomic E-state index is 0.137. The first-order valence-electron chi connectivity index (χ1n) is 22.3. The quantitative estimate of drug-likeness (QED) is 0.177. The number of hydrogen-bond donors (Lipinski definition) is 0. The second-order valence-electron chi connectivity index (χ2n) is 17.9. The lowest BCUT2D eigenvalue weighted by Gasteiger charge is -2.43. The minimum atomic E-state index is -0.711. The number of fused-ring (bicyclic) bond motifs is 14. The minimum Gasteiger partial charge on any atom is -0.208 e. The van der Waals surface area contributed by atoms with Gasteiger partial charge in [-0.05, 0) is 108 Å². The Balaban J connectivity index is 1.12. The number of nitrogens with zero attached hydrogens (tertiary/aromatic N) is 3. The highest BCUT2D eigenvalue weighted by atomic mass is 32.2. The lowest BCUT2D eigenvalue weighted by molar-refractivity contribution is 0.653. The first kappa shape index (κ1) is 37.9. The monoisotopic (exact) mass is 847 g/mol. The first-order chi connectivity index (χ1) is 32.0. The van der Waals surface area contributed by atoms with E-state index in [1.165, 1.54) is 76.6 Å². The van der Waals surface area contributed by atoms with Crippen LogP contribution >= 0.6 is 11.8 Å². The molecule has 3 aliphatic rings. The molecule has 0 bridgehead atoms. The van der Waals surface area contributed by atoms with Crippen molar-refractivity contribution in [2.24, 2.45) is 0 Å². The fourth-order valence-electron chi connectivity index (χ4n) is 11.0. The molecule has 306 valence electrons. The second kappa shape index (κ2) is 14.4. The molecular weight excluding hydrogens is 807 g/mol. The summed E-state index contributed by atoms with van der Waals surface area (Å²) < 4.78 is 0. The molecule has 4 heteroatoms.